The lowest BCUT2D eigenvalue weighted by atomic mass is 9.41. The first kappa shape index (κ1) is 24.7. The van der Waals surface area contributed by atoms with Crippen LogP contribution in [0.4, 0.5) is 0 Å². The van der Waals surface area contributed by atoms with Crippen molar-refractivity contribution in [2.45, 2.75) is 116 Å². The number of fused-ring (bicyclic) bond motifs is 5. The number of rotatable bonds is 5. The van der Waals surface area contributed by atoms with E-state index in [2.05, 4.69) is 41.2 Å². The second-order valence-corrected chi connectivity index (χ2v) is 13.0. The Morgan fingerprint density at radius 2 is 1.66 bits per heavy atom. The topological polar surface area (TPSA) is 80.9 Å². The Hall–Kier alpha value is -0.420. The highest BCUT2D eigenvalue weighted by molar-refractivity contribution is 5.18. The molecule has 0 radical (unpaired) electrons. The molecule has 12 atom stereocenters. The molecule has 0 aromatic carbocycles. The van der Waals surface area contributed by atoms with Crippen molar-refractivity contribution >= 4 is 0 Å². The van der Waals surface area contributed by atoms with E-state index in [9.17, 15) is 20.4 Å². The van der Waals surface area contributed by atoms with E-state index in [4.69, 9.17) is 0 Å². The highest BCUT2D eigenvalue weighted by atomic mass is 16.3. The van der Waals surface area contributed by atoms with Crippen molar-refractivity contribution in [2.75, 3.05) is 0 Å². The summed E-state index contributed by atoms with van der Waals surface area (Å²) in [4.78, 5) is 0. The molecule has 0 amide bonds. The average molecular weight is 449 g/mol. The van der Waals surface area contributed by atoms with Gasteiger partial charge in [0.05, 0.1) is 23.9 Å². The maximum absolute atomic E-state index is 11.7. The van der Waals surface area contributed by atoms with Crippen LogP contribution in [-0.2, 0) is 0 Å². The Balaban J connectivity index is 1.58. The van der Waals surface area contributed by atoms with Crippen LogP contribution in [0.25, 0.3) is 0 Å². The Bertz CT molecular complexity index is 722. The summed E-state index contributed by atoms with van der Waals surface area (Å²) in [5.41, 5.74) is -0.559. The summed E-state index contributed by atoms with van der Waals surface area (Å²) in [5.74, 6) is 2.53. The van der Waals surface area contributed by atoms with Crippen molar-refractivity contribution in [3.8, 4) is 0 Å². The normalized spacial score (nSPS) is 52.5. The third-order valence-electron chi connectivity index (χ3n) is 11.6. The van der Waals surface area contributed by atoms with E-state index in [-0.39, 0.29) is 23.9 Å². The van der Waals surface area contributed by atoms with Crippen LogP contribution in [0, 0.1) is 46.3 Å². The van der Waals surface area contributed by atoms with E-state index < -0.39 is 23.2 Å². The molecule has 0 aromatic rings. The van der Waals surface area contributed by atoms with Gasteiger partial charge in [0.1, 0.15) is 0 Å². The van der Waals surface area contributed by atoms with Crippen LogP contribution in [0.1, 0.15) is 92.4 Å². The quantitative estimate of drug-likeness (QED) is 0.460. The molecule has 4 N–H and O–H groups in total. The maximum atomic E-state index is 11.7. The van der Waals surface area contributed by atoms with Crippen molar-refractivity contribution in [1.29, 1.82) is 0 Å². The molecule has 4 heteroatoms. The first-order chi connectivity index (χ1) is 14.9. The van der Waals surface area contributed by atoms with E-state index in [0.717, 1.165) is 25.7 Å². The van der Waals surface area contributed by atoms with Crippen molar-refractivity contribution in [3.05, 3.63) is 12.2 Å². The number of allylic oxidation sites excluding steroid dienone is 1. The van der Waals surface area contributed by atoms with Crippen LogP contribution in [0.5, 0.6) is 0 Å². The van der Waals surface area contributed by atoms with Crippen molar-refractivity contribution < 1.29 is 20.4 Å². The largest absolute Gasteiger partial charge is 0.393 e. The molecule has 4 saturated carbocycles. The van der Waals surface area contributed by atoms with E-state index in [1.165, 1.54) is 12.0 Å². The Morgan fingerprint density at radius 3 is 2.31 bits per heavy atom. The Labute approximate surface area is 195 Å². The first-order valence-electron chi connectivity index (χ1n) is 13.3. The third-order valence-corrected chi connectivity index (χ3v) is 11.6. The standard InChI is InChI=1S/C28H48O4/c1-16(2)17(3)7-8-18(4)21-9-10-22-20-13-25(31)28(32)15-19(29)11-12-26(28,5)23(20)14-24(30)27(21,22)6/h17-25,29-32H,1,7-15H2,2-6H3/t17-,18+,19?,20-,21+,22-,23-,24?,25?,26+,27+,28?/m0/s1. The molecule has 32 heavy (non-hydrogen) atoms. The minimum Gasteiger partial charge on any atom is -0.393 e. The van der Waals surface area contributed by atoms with Crippen LogP contribution in [0.2, 0.25) is 0 Å². The molecule has 4 nitrogen and oxygen atoms in total. The first-order valence-corrected chi connectivity index (χ1v) is 13.3. The molecular weight excluding hydrogens is 400 g/mol. The number of aliphatic hydroxyl groups is 4. The summed E-state index contributed by atoms with van der Waals surface area (Å²) < 4.78 is 0. The fraction of sp³-hybridized carbons (Fsp3) is 0.929. The van der Waals surface area contributed by atoms with E-state index in [1.54, 1.807) is 0 Å². The predicted molar refractivity (Wildman–Crippen MR) is 128 cm³/mol. The van der Waals surface area contributed by atoms with Crippen molar-refractivity contribution in [1.82, 2.24) is 0 Å². The Kier molecular flexibility index (Phi) is 6.45. The summed E-state index contributed by atoms with van der Waals surface area (Å²) in [6.07, 6.45) is 5.84. The van der Waals surface area contributed by atoms with Crippen LogP contribution in [0.3, 0.4) is 0 Å². The van der Waals surface area contributed by atoms with Gasteiger partial charge in [-0.05, 0) is 99.2 Å². The van der Waals surface area contributed by atoms with Crippen LogP contribution >= 0.6 is 0 Å². The second kappa shape index (κ2) is 8.36. The van der Waals surface area contributed by atoms with Gasteiger partial charge >= 0.3 is 0 Å². The zero-order valence-electron chi connectivity index (χ0n) is 21.1. The lowest BCUT2D eigenvalue weighted by molar-refractivity contribution is -0.275. The van der Waals surface area contributed by atoms with E-state index in [0.29, 0.717) is 48.9 Å². The minimum atomic E-state index is -1.25. The predicted octanol–water partition coefficient (Wildman–Crippen LogP) is 4.69. The molecule has 4 unspecified atom stereocenters. The molecule has 4 rings (SSSR count). The summed E-state index contributed by atoms with van der Waals surface area (Å²) >= 11 is 0. The van der Waals surface area contributed by atoms with Gasteiger partial charge in [0.25, 0.3) is 0 Å². The van der Waals surface area contributed by atoms with Gasteiger partial charge < -0.3 is 20.4 Å². The molecule has 0 bridgehead atoms. The van der Waals surface area contributed by atoms with E-state index >= 15 is 0 Å². The summed E-state index contributed by atoms with van der Waals surface area (Å²) in [7, 11) is 0. The molecule has 4 aliphatic carbocycles. The number of hydrogen-bond acceptors (Lipinski definition) is 4. The zero-order valence-corrected chi connectivity index (χ0v) is 21.1. The van der Waals surface area contributed by atoms with Gasteiger partial charge in [-0.3, -0.25) is 0 Å². The van der Waals surface area contributed by atoms with Gasteiger partial charge in [0.15, 0.2) is 0 Å². The molecule has 0 heterocycles. The van der Waals surface area contributed by atoms with Crippen LogP contribution < -0.4 is 0 Å². The van der Waals surface area contributed by atoms with Crippen molar-refractivity contribution in [2.24, 2.45) is 46.3 Å². The number of aliphatic hydroxyl groups excluding tert-OH is 3. The zero-order chi connectivity index (χ0) is 23.6. The molecule has 4 aliphatic rings. The van der Waals surface area contributed by atoms with Crippen LogP contribution in [0.15, 0.2) is 12.2 Å². The number of hydrogen-bond donors (Lipinski definition) is 4. The summed E-state index contributed by atoms with van der Waals surface area (Å²) in [5, 5.41) is 44.8. The van der Waals surface area contributed by atoms with Crippen molar-refractivity contribution in [3.63, 3.8) is 0 Å². The molecule has 0 aliphatic heterocycles. The van der Waals surface area contributed by atoms with Gasteiger partial charge in [-0.15, -0.1) is 0 Å². The van der Waals surface area contributed by atoms with Crippen LogP contribution in [-0.4, -0.2) is 44.3 Å². The molecule has 0 saturated heterocycles. The Morgan fingerprint density at radius 1 is 0.969 bits per heavy atom. The average Bonchev–Trinajstić information content (AvgIpc) is 3.08. The summed E-state index contributed by atoms with van der Waals surface area (Å²) in [6.45, 7) is 15.3. The molecule has 184 valence electrons. The maximum Gasteiger partial charge on any atom is 0.0985 e. The minimum absolute atomic E-state index is 0.118. The fourth-order valence-electron chi connectivity index (χ4n) is 9.15. The molecule has 0 spiro atoms. The smallest absolute Gasteiger partial charge is 0.0985 e. The SMILES string of the molecule is C=C(C)[C@@H](C)CC[C@@H](C)[C@H]1CC[C@H]2[C@@H]3CC(O)C4(O)CC(O)CC[C@]4(C)[C@H]3CC(O)[C@]12C. The third kappa shape index (κ3) is 3.46. The highest BCUT2D eigenvalue weighted by Crippen LogP contribution is 2.69. The fourth-order valence-corrected chi connectivity index (χ4v) is 9.15. The van der Waals surface area contributed by atoms with Gasteiger partial charge in [-0.2, -0.15) is 0 Å². The molecule has 0 aromatic heterocycles. The lowest BCUT2D eigenvalue weighted by Crippen LogP contribution is -2.70. The molecular formula is C28H48O4. The van der Waals surface area contributed by atoms with Gasteiger partial charge in [0, 0.05) is 11.8 Å². The molecule has 4 fully saturated rings. The van der Waals surface area contributed by atoms with Gasteiger partial charge in [0.2, 0.25) is 0 Å². The van der Waals surface area contributed by atoms with E-state index in [1.807, 2.05) is 0 Å². The monoisotopic (exact) mass is 448 g/mol. The lowest BCUT2D eigenvalue weighted by Gasteiger charge is -2.66. The van der Waals surface area contributed by atoms with Gasteiger partial charge in [-0.25, -0.2) is 0 Å². The van der Waals surface area contributed by atoms with Gasteiger partial charge in [-0.1, -0.05) is 39.8 Å². The summed E-state index contributed by atoms with van der Waals surface area (Å²) in [6, 6.07) is 0. The highest BCUT2D eigenvalue weighted by Gasteiger charge is 2.69. The second-order valence-electron chi connectivity index (χ2n) is 13.0.